The number of carboxylic acids is 1. The van der Waals surface area contributed by atoms with Crippen molar-refractivity contribution in [3.8, 4) is 0 Å². The summed E-state index contributed by atoms with van der Waals surface area (Å²) in [6, 6.07) is 0. The average molecular weight is 312 g/mol. The smallest absolute Gasteiger partial charge is 0.331 e. The largest absolute Gasteiger partial charge is 0.479 e. The second kappa shape index (κ2) is 5.73. The lowest BCUT2D eigenvalue weighted by Crippen LogP contribution is -2.55. The van der Waals surface area contributed by atoms with Crippen molar-refractivity contribution in [3.05, 3.63) is 16.1 Å². The summed E-state index contributed by atoms with van der Waals surface area (Å²) in [4.78, 5) is 27.9. The third-order valence-electron chi connectivity index (χ3n) is 3.34. The molecular formula is C14H20N2O4S. The van der Waals surface area contributed by atoms with E-state index in [9.17, 15) is 14.7 Å². The highest BCUT2D eigenvalue weighted by Crippen LogP contribution is 2.26. The van der Waals surface area contributed by atoms with Crippen LogP contribution in [0.15, 0.2) is 5.38 Å². The summed E-state index contributed by atoms with van der Waals surface area (Å²) in [5.74, 6) is -1.39. The summed E-state index contributed by atoms with van der Waals surface area (Å²) in [6.07, 6.45) is 0.375. The van der Waals surface area contributed by atoms with E-state index in [1.54, 1.807) is 0 Å². The van der Waals surface area contributed by atoms with Gasteiger partial charge in [0.1, 0.15) is 0 Å². The minimum atomic E-state index is -1.29. The lowest BCUT2D eigenvalue weighted by atomic mass is 9.98. The van der Waals surface area contributed by atoms with Gasteiger partial charge in [0, 0.05) is 23.8 Å². The highest BCUT2D eigenvalue weighted by molar-refractivity contribution is 7.09. The molecule has 0 spiro atoms. The molecule has 7 heteroatoms. The third-order valence-corrected chi connectivity index (χ3v) is 4.66. The van der Waals surface area contributed by atoms with Gasteiger partial charge in [0.2, 0.25) is 5.91 Å². The average Bonchev–Trinajstić information content (AvgIpc) is 2.97. The minimum absolute atomic E-state index is 0.0123. The van der Waals surface area contributed by atoms with Crippen LogP contribution in [0.25, 0.3) is 0 Å². The number of carboxylic acid groups (broad SMARTS) is 1. The van der Waals surface area contributed by atoms with E-state index in [-0.39, 0.29) is 24.3 Å². The van der Waals surface area contributed by atoms with Crippen molar-refractivity contribution in [2.75, 3.05) is 13.2 Å². The Balaban J connectivity index is 2.01. The molecule has 116 valence electrons. The maximum absolute atomic E-state index is 12.1. The minimum Gasteiger partial charge on any atom is -0.479 e. The number of rotatable bonds is 4. The lowest BCUT2D eigenvalue weighted by molar-refractivity contribution is -0.147. The van der Waals surface area contributed by atoms with Crippen LogP contribution >= 0.6 is 11.3 Å². The molecule has 0 aliphatic carbocycles. The van der Waals surface area contributed by atoms with Crippen molar-refractivity contribution in [1.29, 1.82) is 0 Å². The van der Waals surface area contributed by atoms with E-state index in [0.717, 1.165) is 5.01 Å². The van der Waals surface area contributed by atoms with Crippen molar-refractivity contribution in [2.45, 2.75) is 44.6 Å². The van der Waals surface area contributed by atoms with Gasteiger partial charge in [-0.1, -0.05) is 20.8 Å². The Bertz CT molecular complexity index is 541. The SMILES string of the molecule is CC(C)(C)c1nc(CC(=O)NC2(C(=O)O)CCOC2)cs1. The number of nitrogens with zero attached hydrogens (tertiary/aromatic N) is 1. The Morgan fingerprint density at radius 3 is 2.71 bits per heavy atom. The first kappa shape index (κ1) is 15.9. The summed E-state index contributed by atoms with van der Waals surface area (Å²) in [7, 11) is 0. The standard InChI is InChI=1S/C14H20N2O4S/c1-13(2,3)11-15-9(7-21-11)6-10(17)16-14(12(18)19)4-5-20-8-14/h7H,4-6,8H2,1-3H3,(H,16,17)(H,18,19). The maximum atomic E-state index is 12.1. The first-order chi connectivity index (χ1) is 9.73. The zero-order valence-electron chi connectivity index (χ0n) is 12.4. The van der Waals surface area contributed by atoms with E-state index >= 15 is 0 Å². The van der Waals surface area contributed by atoms with Crippen LogP contribution in [0, 0.1) is 0 Å². The van der Waals surface area contributed by atoms with Crippen LogP contribution in [0.3, 0.4) is 0 Å². The Kier molecular flexibility index (Phi) is 4.34. The molecular weight excluding hydrogens is 292 g/mol. The normalized spacial score (nSPS) is 22.2. The fourth-order valence-corrected chi connectivity index (χ4v) is 3.00. The van der Waals surface area contributed by atoms with Gasteiger partial charge < -0.3 is 15.2 Å². The molecule has 1 saturated heterocycles. The molecule has 0 saturated carbocycles. The van der Waals surface area contributed by atoms with Gasteiger partial charge in [-0.3, -0.25) is 4.79 Å². The fraction of sp³-hybridized carbons (Fsp3) is 0.643. The van der Waals surface area contributed by atoms with Gasteiger partial charge in [-0.05, 0) is 0 Å². The summed E-state index contributed by atoms with van der Waals surface area (Å²) < 4.78 is 5.11. The van der Waals surface area contributed by atoms with Crippen LogP contribution in [-0.2, 0) is 26.2 Å². The molecule has 0 radical (unpaired) electrons. The van der Waals surface area contributed by atoms with Crippen LogP contribution in [0.5, 0.6) is 0 Å². The highest BCUT2D eigenvalue weighted by Gasteiger charge is 2.43. The van der Waals surface area contributed by atoms with Crippen LogP contribution in [0.1, 0.15) is 37.9 Å². The Labute approximate surface area is 127 Å². The van der Waals surface area contributed by atoms with E-state index in [1.807, 2.05) is 5.38 Å². The summed E-state index contributed by atoms with van der Waals surface area (Å²) in [5, 5.41) is 14.7. The zero-order chi connectivity index (χ0) is 15.7. The van der Waals surface area contributed by atoms with E-state index < -0.39 is 11.5 Å². The summed E-state index contributed by atoms with van der Waals surface area (Å²) in [5.41, 5.74) is -0.678. The Hall–Kier alpha value is -1.47. The van der Waals surface area contributed by atoms with Crippen molar-refractivity contribution in [2.24, 2.45) is 0 Å². The van der Waals surface area contributed by atoms with Crippen LogP contribution in [0.4, 0.5) is 0 Å². The van der Waals surface area contributed by atoms with Crippen molar-refractivity contribution >= 4 is 23.2 Å². The fourth-order valence-electron chi connectivity index (χ4n) is 2.09. The Morgan fingerprint density at radius 2 is 2.24 bits per heavy atom. The van der Waals surface area contributed by atoms with Gasteiger partial charge in [0.25, 0.3) is 0 Å². The molecule has 0 aromatic carbocycles. The zero-order valence-corrected chi connectivity index (χ0v) is 13.2. The Morgan fingerprint density at radius 1 is 1.52 bits per heavy atom. The van der Waals surface area contributed by atoms with Crippen LogP contribution < -0.4 is 5.32 Å². The summed E-state index contributed by atoms with van der Waals surface area (Å²) >= 11 is 1.51. The molecule has 2 rings (SSSR count). The summed E-state index contributed by atoms with van der Waals surface area (Å²) in [6.45, 7) is 6.54. The molecule has 1 atom stereocenters. The maximum Gasteiger partial charge on any atom is 0.331 e. The molecule has 1 aromatic heterocycles. The topological polar surface area (TPSA) is 88.5 Å². The highest BCUT2D eigenvalue weighted by atomic mass is 32.1. The molecule has 2 heterocycles. The van der Waals surface area contributed by atoms with E-state index in [4.69, 9.17) is 4.74 Å². The van der Waals surface area contributed by atoms with Gasteiger partial charge >= 0.3 is 5.97 Å². The van der Waals surface area contributed by atoms with Gasteiger partial charge in [-0.2, -0.15) is 0 Å². The molecule has 2 N–H and O–H groups in total. The van der Waals surface area contributed by atoms with E-state index in [0.29, 0.717) is 18.7 Å². The molecule has 1 aliphatic rings. The molecule has 0 bridgehead atoms. The van der Waals surface area contributed by atoms with Crippen LogP contribution in [0.2, 0.25) is 0 Å². The van der Waals surface area contributed by atoms with Crippen molar-refractivity contribution in [1.82, 2.24) is 10.3 Å². The first-order valence-electron chi connectivity index (χ1n) is 6.80. The number of ether oxygens (including phenoxy) is 1. The molecule has 1 aromatic rings. The van der Waals surface area contributed by atoms with E-state index in [1.165, 1.54) is 11.3 Å². The van der Waals surface area contributed by atoms with Gasteiger partial charge in [-0.15, -0.1) is 11.3 Å². The number of carbonyl (C=O) groups excluding carboxylic acids is 1. The molecule has 1 amide bonds. The van der Waals surface area contributed by atoms with Gasteiger partial charge in [0.05, 0.1) is 23.7 Å². The second-order valence-corrected chi connectivity index (χ2v) is 7.17. The predicted octanol–water partition coefficient (Wildman–Crippen LogP) is 1.34. The van der Waals surface area contributed by atoms with Gasteiger partial charge in [0.15, 0.2) is 5.54 Å². The number of nitrogens with one attached hydrogen (secondary N) is 1. The molecule has 21 heavy (non-hydrogen) atoms. The van der Waals surface area contributed by atoms with Crippen molar-refractivity contribution < 1.29 is 19.4 Å². The first-order valence-corrected chi connectivity index (χ1v) is 7.68. The van der Waals surface area contributed by atoms with Gasteiger partial charge in [-0.25, -0.2) is 9.78 Å². The predicted molar refractivity (Wildman–Crippen MR) is 78.5 cm³/mol. The lowest BCUT2D eigenvalue weighted by Gasteiger charge is -2.23. The number of thiazole rings is 1. The molecule has 1 fully saturated rings. The number of carbonyl (C=O) groups is 2. The quantitative estimate of drug-likeness (QED) is 0.876. The second-order valence-electron chi connectivity index (χ2n) is 6.31. The number of hydrogen-bond acceptors (Lipinski definition) is 5. The third kappa shape index (κ3) is 3.59. The molecule has 1 unspecified atom stereocenters. The number of aromatic nitrogens is 1. The number of aliphatic carboxylic acids is 1. The number of amides is 1. The van der Waals surface area contributed by atoms with E-state index in [2.05, 4.69) is 31.1 Å². The van der Waals surface area contributed by atoms with Crippen molar-refractivity contribution in [3.63, 3.8) is 0 Å². The molecule has 1 aliphatic heterocycles. The number of hydrogen-bond donors (Lipinski definition) is 2. The molecule has 6 nitrogen and oxygen atoms in total. The monoisotopic (exact) mass is 312 g/mol. The van der Waals surface area contributed by atoms with Crippen LogP contribution in [-0.4, -0.2) is 40.7 Å².